The standard InChI is InChI=1S/C18H25IO3.C18H26O4.C18H26O3.C17H24O4.C17H24O3.C10H20O3/c2*1-17(2)10-18(3)11-21-16(12-8-6-5-7-9-12)22-15(18)13(20-4)14(17)19;1-17(2)10-14(19-4)15-18(3,11-17)12-20-16(21-15)13-8-6-5-7-9-13;1-16(2)9-17(3)10-20-15(11-7-5-4-6-8-11)21-14(17)12(18)13(16)19;1-16(2)9-13(18)14-17(3,10-16)11-19-15(20-14)12-7-5-4-6-8-12;1-9(2)4-7(12)8(13)10(3,5-9)6-11/h5-9,13-16H,10-11H2,1-4H3;5-9,13-16,19H,10-11H2,1-4H3;5-9,14-16H,10-12H2,1-4H3;4-8,12-15,18-19H,9-10H2,1-3H3;4-8,13-15,18H,9-11H2,1-3H3;7-8,11-13H,4-6H2,1-3H3. The van der Waals surface area contributed by atoms with E-state index in [4.69, 9.17) is 61.6 Å². The van der Waals surface area contributed by atoms with Gasteiger partial charge in [-0.25, -0.2) is 0 Å². The molecule has 5 aliphatic heterocycles. The Balaban J connectivity index is 0.000000141. The van der Waals surface area contributed by atoms with Gasteiger partial charge in [-0.05, 0) is 90.3 Å². The number of hydrogen-bond donors (Lipinski definition) is 7. The molecule has 11 fully saturated rings. The number of alkyl halides is 1. The number of hydrogen-bond acceptors (Lipinski definition) is 20. The van der Waals surface area contributed by atoms with Crippen LogP contribution in [0.1, 0.15) is 242 Å². The van der Waals surface area contributed by atoms with Crippen LogP contribution in [0.3, 0.4) is 0 Å². The quantitative estimate of drug-likeness (QED) is 0.0534. The summed E-state index contributed by atoms with van der Waals surface area (Å²) in [5, 5.41) is 70.5. The summed E-state index contributed by atoms with van der Waals surface area (Å²) < 4.78 is 78.7. The first-order valence-corrected chi connectivity index (χ1v) is 44.5. The lowest BCUT2D eigenvalue weighted by Crippen LogP contribution is -2.63. The lowest BCUT2D eigenvalue weighted by atomic mass is 9.60. The molecular formula is C98H145IO20. The normalized spacial score (nSPS) is 41.1. The van der Waals surface area contributed by atoms with Gasteiger partial charge in [-0.3, -0.25) is 0 Å². The summed E-state index contributed by atoms with van der Waals surface area (Å²) in [6.45, 7) is 41.8. The van der Waals surface area contributed by atoms with E-state index in [9.17, 15) is 35.7 Å². The van der Waals surface area contributed by atoms with E-state index in [0.29, 0.717) is 36.8 Å². The van der Waals surface area contributed by atoms with E-state index in [-0.39, 0.29) is 128 Å². The molecule has 11 aliphatic rings. The molecule has 20 nitrogen and oxygen atoms in total. The van der Waals surface area contributed by atoms with Crippen LogP contribution in [0.15, 0.2) is 152 Å². The summed E-state index contributed by atoms with van der Waals surface area (Å²) in [6, 6.07) is 49.9. The van der Waals surface area contributed by atoms with Crippen LogP contribution >= 0.6 is 22.6 Å². The Morgan fingerprint density at radius 2 is 0.613 bits per heavy atom. The van der Waals surface area contributed by atoms with Crippen LogP contribution in [0.25, 0.3) is 0 Å². The molecule has 6 saturated carbocycles. The van der Waals surface area contributed by atoms with Crippen LogP contribution in [-0.4, -0.2) is 186 Å². The van der Waals surface area contributed by atoms with Gasteiger partial charge < -0.3 is 97.3 Å². The molecule has 5 aromatic carbocycles. The molecule has 21 heteroatoms. The Kier molecular flexibility index (Phi) is 30.5. The fraction of sp³-hybridized carbons (Fsp3) is 0.694. The Morgan fingerprint density at radius 1 is 0.319 bits per heavy atom. The largest absolute Gasteiger partial charge is 0.396 e. The van der Waals surface area contributed by atoms with Gasteiger partial charge in [-0.15, -0.1) is 0 Å². The fourth-order valence-corrected chi connectivity index (χ4v) is 23.7. The van der Waals surface area contributed by atoms with Gasteiger partial charge in [0.25, 0.3) is 0 Å². The van der Waals surface area contributed by atoms with Crippen molar-refractivity contribution in [3.63, 3.8) is 0 Å². The minimum atomic E-state index is -0.895. The molecule has 0 spiro atoms. The van der Waals surface area contributed by atoms with E-state index in [0.717, 1.165) is 85.8 Å². The smallest absolute Gasteiger partial charge is 0.184 e. The zero-order valence-corrected chi connectivity index (χ0v) is 77.1. The predicted molar refractivity (Wildman–Crippen MR) is 466 cm³/mol. The van der Waals surface area contributed by atoms with E-state index in [1.54, 1.807) is 21.3 Å². The van der Waals surface area contributed by atoms with Crippen LogP contribution < -0.4 is 0 Å². The van der Waals surface area contributed by atoms with Gasteiger partial charge in [0.05, 0.1) is 113 Å². The lowest BCUT2D eigenvalue weighted by molar-refractivity contribution is -0.325. The Morgan fingerprint density at radius 3 is 0.983 bits per heavy atom. The van der Waals surface area contributed by atoms with Crippen molar-refractivity contribution in [1.29, 1.82) is 0 Å². The average molecular weight is 1770 g/mol. The first kappa shape index (κ1) is 95.7. The van der Waals surface area contributed by atoms with Crippen molar-refractivity contribution in [2.45, 2.75) is 303 Å². The molecule has 5 aromatic rings. The van der Waals surface area contributed by atoms with Crippen LogP contribution in [-0.2, 0) is 61.6 Å². The number of halogens is 1. The van der Waals surface area contributed by atoms with Crippen LogP contribution in [0.2, 0.25) is 0 Å². The van der Waals surface area contributed by atoms with Crippen LogP contribution in [0, 0.1) is 65.0 Å². The zero-order valence-electron chi connectivity index (χ0n) is 74.9. The second-order valence-electron chi connectivity index (χ2n) is 42.8. The molecule has 16 rings (SSSR count). The molecular weight excluding hydrogens is 1620 g/mol. The molecule has 6 aliphatic carbocycles. The van der Waals surface area contributed by atoms with E-state index in [1.165, 1.54) is 0 Å². The molecule has 0 aromatic heterocycles. The number of rotatable bonds is 9. The Labute approximate surface area is 724 Å². The zero-order chi connectivity index (χ0) is 86.9. The van der Waals surface area contributed by atoms with Gasteiger partial charge in [-0.2, -0.15) is 0 Å². The van der Waals surface area contributed by atoms with E-state index < -0.39 is 60.7 Å². The fourth-order valence-electron chi connectivity index (χ4n) is 22.8. The van der Waals surface area contributed by atoms with Gasteiger partial charge in [0.1, 0.15) is 12.2 Å². The van der Waals surface area contributed by atoms with Gasteiger partial charge in [0.2, 0.25) is 0 Å². The third kappa shape index (κ3) is 21.8. The molecule has 119 heavy (non-hydrogen) atoms. The van der Waals surface area contributed by atoms with Crippen molar-refractivity contribution in [3.05, 3.63) is 179 Å². The van der Waals surface area contributed by atoms with E-state index in [1.807, 2.05) is 148 Å². The van der Waals surface area contributed by atoms with Crippen molar-refractivity contribution in [3.8, 4) is 0 Å². The summed E-state index contributed by atoms with van der Waals surface area (Å²) in [4.78, 5) is 0. The first-order valence-electron chi connectivity index (χ1n) is 43.2. The number of aliphatic hydroxyl groups is 7. The van der Waals surface area contributed by atoms with Crippen molar-refractivity contribution >= 4 is 22.6 Å². The number of methoxy groups -OCH3 is 3. The maximum Gasteiger partial charge on any atom is 0.184 e. The Bertz CT molecular complexity index is 3820. The molecule has 664 valence electrons. The summed E-state index contributed by atoms with van der Waals surface area (Å²) in [5.74, 6) is 0. The average Bonchev–Trinajstić information content (AvgIpc) is 0.752. The highest BCUT2D eigenvalue weighted by Crippen LogP contribution is 2.59. The number of ether oxygens (including phenoxy) is 13. The van der Waals surface area contributed by atoms with Gasteiger partial charge in [-0.1, -0.05) is 299 Å². The summed E-state index contributed by atoms with van der Waals surface area (Å²) in [5.41, 5.74) is 4.06. The number of fused-ring (bicyclic) bond motifs is 5. The highest BCUT2D eigenvalue weighted by Gasteiger charge is 2.62. The number of benzene rings is 5. The number of aliphatic hydroxyl groups excluding tert-OH is 7. The third-order valence-electron chi connectivity index (χ3n) is 27.6. The second kappa shape index (κ2) is 37.9. The summed E-state index contributed by atoms with van der Waals surface area (Å²) in [7, 11) is 5.24. The molecule has 5 heterocycles. The van der Waals surface area contributed by atoms with E-state index >= 15 is 0 Å². The highest BCUT2D eigenvalue weighted by molar-refractivity contribution is 14.1. The summed E-state index contributed by atoms with van der Waals surface area (Å²) >= 11 is 2.53. The van der Waals surface area contributed by atoms with Gasteiger partial charge in [0.15, 0.2) is 31.5 Å². The molecule has 0 bridgehead atoms. The first-order chi connectivity index (χ1) is 55.7. The molecule has 7 N–H and O–H groups in total. The minimum absolute atomic E-state index is 0.00285. The SMILES string of the molecule is CC1(C)CC(O)C(O)C(C)(CO)C1.CC1(C)CC(O)C2OC(c3ccccc3)OCC2(C)C1.CC1(C)CC2(C)COC(c3ccccc3)OC2C(O)C1O.COC1C(I)C(C)(C)CC2(C)COC(c3ccccc3)OC12.COC1C(O)C(C)(C)CC2(C)COC(c3ccccc3)OC12.COC1CC(C)(C)CC2(C)COC(c3ccccc3)OC12. The second-order valence-corrected chi connectivity index (χ2v) is 44.1. The monoisotopic (exact) mass is 1770 g/mol. The summed E-state index contributed by atoms with van der Waals surface area (Å²) in [6.07, 6.45) is 1.30. The maximum atomic E-state index is 10.7. The highest BCUT2D eigenvalue weighted by atomic mass is 127. The Hall–Kier alpha value is -3.97. The third-order valence-corrected chi connectivity index (χ3v) is 30.0. The minimum Gasteiger partial charge on any atom is -0.396 e. The van der Waals surface area contributed by atoms with E-state index in [2.05, 4.69) is 151 Å². The molecule has 0 amide bonds. The molecule has 5 saturated heterocycles. The van der Waals surface area contributed by atoms with Crippen molar-refractivity contribution in [2.75, 3.05) is 61.0 Å². The molecule has 26 unspecified atom stereocenters. The van der Waals surface area contributed by atoms with Crippen molar-refractivity contribution in [2.24, 2.45) is 65.0 Å². The molecule has 0 radical (unpaired) electrons. The van der Waals surface area contributed by atoms with Gasteiger partial charge >= 0.3 is 0 Å². The topological polar surface area (TPSA) is 262 Å². The maximum absolute atomic E-state index is 10.7. The van der Waals surface area contributed by atoms with Crippen molar-refractivity contribution in [1.82, 2.24) is 0 Å². The predicted octanol–water partition coefficient (Wildman–Crippen LogP) is 17.3. The van der Waals surface area contributed by atoms with Crippen molar-refractivity contribution < 1.29 is 97.3 Å². The molecule has 26 atom stereocenters. The van der Waals surface area contributed by atoms with Crippen LogP contribution in [0.4, 0.5) is 0 Å². The van der Waals surface area contributed by atoms with Crippen LogP contribution in [0.5, 0.6) is 0 Å². The lowest BCUT2D eigenvalue weighted by Gasteiger charge is -2.56. The van der Waals surface area contributed by atoms with Gasteiger partial charge in [0, 0.05) is 85.6 Å².